The van der Waals surface area contributed by atoms with Gasteiger partial charge in [-0.2, -0.15) is 17.5 Å². The molecule has 0 saturated carbocycles. The lowest BCUT2D eigenvalue weighted by atomic mass is 10.2. The Morgan fingerprint density at radius 2 is 1.76 bits per heavy atom. The number of piperazine rings is 1. The molecule has 1 aromatic carbocycles. The number of rotatable bonds is 4. The van der Waals surface area contributed by atoms with Crippen molar-refractivity contribution in [3.63, 3.8) is 0 Å². The molecule has 1 saturated heterocycles. The van der Waals surface area contributed by atoms with Gasteiger partial charge < -0.3 is 4.42 Å². The van der Waals surface area contributed by atoms with Gasteiger partial charge in [0, 0.05) is 26.2 Å². The molecular weight excluding hydrogens is 357 g/mol. The quantitative estimate of drug-likeness (QED) is 0.826. The van der Waals surface area contributed by atoms with Crippen molar-refractivity contribution in [2.45, 2.75) is 17.6 Å². The number of hydrogen-bond donors (Lipinski definition) is 0. The molecular formula is C16H17F3N2O3S. The van der Waals surface area contributed by atoms with E-state index < -0.39 is 21.8 Å². The summed E-state index contributed by atoms with van der Waals surface area (Å²) in [6.45, 7) is 1.99. The van der Waals surface area contributed by atoms with Crippen molar-refractivity contribution in [3.05, 3.63) is 54.0 Å². The van der Waals surface area contributed by atoms with Gasteiger partial charge in [-0.15, -0.1) is 0 Å². The molecule has 2 aromatic rings. The van der Waals surface area contributed by atoms with Gasteiger partial charge in [-0.3, -0.25) is 4.90 Å². The SMILES string of the molecule is O=S(=O)(c1cccc(C(F)(F)F)c1)N1CCN(Cc2ccco2)CC1. The molecule has 2 heterocycles. The van der Waals surface area contributed by atoms with Crippen LogP contribution in [0.4, 0.5) is 13.2 Å². The van der Waals surface area contributed by atoms with Gasteiger partial charge in [-0.25, -0.2) is 8.42 Å². The molecule has 9 heteroatoms. The van der Waals surface area contributed by atoms with Crippen LogP contribution in [-0.4, -0.2) is 43.8 Å². The van der Waals surface area contributed by atoms with Gasteiger partial charge in [0.2, 0.25) is 10.0 Å². The van der Waals surface area contributed by atoms with E-state index in [0.717, 1.165) is 17.9 Å². The molecule has 0 unspecified atom stereocenters. The van der Waals surface area contributed by atoms with E-state index in [9.17, 15) is 21.6 Å². The van der Waals surface area contributed by atoms with Crippen LogP contribution in [-0.2, 0) is 22.7 Å². The normalized spacial score (nSPS) is 17.7. The molecule has 1 aliphatic heterocycles. The van der Waals surface area contributed by atoms with E-state index in [0.29, 0.717) is 25.7 Å². The Kier molecular flexibility index (Phi) is 4.90. The van der Waals surface area contributed by atoms with E-state index in [1.807, 2.05) is 11.0 Å². The zero-order valence-electron chi connectivity index (χ0n) is 13.2. The maximum absolute atomic E-state index is 12.8. The maximum atomic E-state index is 12.8. The number of hydrogen-bond acceptors (Lipinski definition) is 4. The summed E-state index contributed by atoms with van der Waals surface area (Å²) in [6, 6.07) is 7.48. The second-order valence-corrected chi connectivity index (χ2v) is 7.72. The van der Waals surface area contributed by atoms with E-state index >= 15 is 0 Å². The Hall–Kier alpha value is -1.84. The zero-order valence-corrected chi connectivity index (χ0v) is 14.1. The second-order valence-electron chi connectivity index (χ2n) is 5.79. The van der Waals surface area contributed by atoms with Crippen LogP contribution in [0.3, 0.4) is 0 Å². The van der Waals surface area contributed by atoms with E-state index in [-0.39, 0.29) is 18.0 Å². The molecule has 25 heavy (non-hydrogen) atoms. The average molecular weight is 374 g/mol. The molecule has 0 atom stereocenters. The average Bonchev–Trinajstić information content (AvgIpc) is 3.08. The monoisotopic (exact) mass is 374 g/mol. The molecule has 0 spiro atoms. The summed E-state index contributed by atoms with van der Waals surface area (Å²) >= 11 is 0. The summed E-state index contributed by atoms with van der Waals surface area (Å²) in [4.78, 5) is 1.71. The first-order valence-electron chi connectivity index (χ1n) is 7.69. The van der Waals surface area contributed by atoms with Gasteiger partial charge >= 0.3 is 6.18 Å². The fourth-order valence-electron chi connectivity index (χ4n) is 2.73. The van der Waals surface area contributed by atoms with Crippen LogP contribution in [0.5, 0.6) is 0 Å². The van der Waals surface area contributed by atoms with Crippen molar-refractivity contribution in [2.75, 3.05) is 26.2 Å². The molecule has 0 bridgehead atoms. The minimum absolute atomic E-state index is 0.222. The van der Waals surface area contributed by atoms with Crippen molar-refractivity contribution in [2.24, 2.45) is 0 Å². The highest BCUT2D eigenvalue weighted by Crippen LogP contribution is 2.31. The molecule has 1 aromatic heterocycles. The largest absolute Gasteiger partial charge is 0.468 e. The van der Waals surface area contributed by atoms with Crippen molar-refractivity contribution in [1.29, 1.82) is 0 Å². The van der Waals surface area contributed by atoms with Crippen LogP contribution in [0.2, 0.25) is 0 Å². The van der Waals surface area contributed by atoms with Crippen LogP contribution in [0, 0.1) is 0 Å². The smallest absolute Gasteiger partial charge is 0.416 e. The maximum Gasteiger partial charge on any atom is 0.416 e. The van der Waals surface area contributed by atoms with Crippen molar-refractivity contribution in [1.82, 2.24) is 9.21 Å². The first-order chi connectivity index (χ1) is 11.8. The van der Waals surface area contributed by atoms with Crippen LogP contribution < -0.4 is 0 Å². The Labute approximate surface area is 143 Å². The Morgan fingerprint density at radius 3 is 2.36 bits per heavy atom. The fraction of sp³-hybridized carbons (Fsp3) is 0.375. The Bertz CT molecular complexity index is 811. The molecule has 0 amide bonds. The number of sulfonamides is 1. The Morgan fingerprint density at radius 1 is 1.04 bits per heavy atom. The zero-order chi connectivity index (χ0) is 18.1. The number of benzene rings is 1. The summed E-state index contributed by atoms with van der Waals surface area (Å²) in [5.74, 6) is 0.786. The summed E-state index contributed by atoms with van der Waals surface area (Å²) in [5.41, 5.74) is -0.968. The van der Waals surface area contributed by atoms with Crippen molar-refractivity contribution >= 4 is 10.0 Å². The molecule has 0 radical (unpaired) electrons. The number of halogens is 3. The number of alkyl halides is 3. The van der Waals surface area contributed by atoms with Crippen LogP contribution in [0.25, 0.3) is 0 Å². The minimum atomic E-state index is -4.58. The predicted octanol–water partition coefficient (Wildman–Crippen LogP) is 2.80. The van der Waals surface area contributed by atoms with Gasteiger partial charge in [-0.05, 0) is 30.3 Å². The summed E-state index contributed by atoms with van der Waals surface area (Å²) in [5, 5.41) is 0. The molecule has 0 aliphatic carbocycles. The summed E-state index contributed by atoms with van der Waals surface area (Å²) < 4.78 is 70.1. The lowest BCUT2D eigenvalue weighted by Crippen LogP contribution is -2.48. The molecule has 5 nitrogen and oxygen atoms in total. The molecule has 136 valence electrons. The highest BCUT2D eigenvalue weighted by molar-refractivity contribution is 7.89. The molecule has 0 N–H and O–H groups in total. The van der Waals surface area contributed by atoms with E-state index in [2.05, 4.69) is 0 Å². The number of nitrogens with zero attached hydrogens (tertiary/aromatic N) is 2. The van der Waals surface area contributed by atoms with E-state index in [1.54, 1.807) is 12.3 Å². The molecule has 1 fully saturated rings. The van der Waals surface area contributed by atoms with Gasteiger partial charge in [0.25, 0.3) is 0 Å². The first kappa shape index (κ1) is 18.0. The number of furan rings is 1. The highest BCUT2D eigenvalue weighted by atomic mass is 32.2. The van der Waals surface area contributed by atoms with Gasteiger partial charge in [-0.1, -0.05) is 6.07 Å². The van der Waals surface area contributed by atoms with Crippen LogP contribution in [0.1, 0.15) is 11.3 Å². The van der Waals surface area contributed by atoms with E-state index in [1.165, 1.54) is 10.4 Å². The van der Waals surface area contributed by atoms with Crippen LogP contribution in [0.15, 0.2) is 52.0 Å². The highest BCUT2D eigenvalue weighted by Gasteiger charge is 2.34. The minimum Gasteiger partial charge on any atom is -0.468 e. The van der Waals surface area contributed by atoms with E-state index in [4.69, 9.17) is 4.42 Å². The third kappa shape index (κ3) is 4.05. The van der Waals surface area contributed by atoms with Gasteiger partial charge in [0.15, 0.2) is 0 Å². The Balaban J connectivity index is 1.70. The van der Waals surface area contributed by atoms with Gasteiger partial charge in [0.1, 0.15) is 5.76 Å². The predicted molar refractivity (Wildman–Crippen MR) is 84.2 cm³/mol. The first-order valence-corrected chi connectivity index (χ1v) is 9.13. The summed E-state index contributed by atoms with van der Waals surface area (Å²) in [6.07, 6.45) is -3.00. The second kappa shape index (κ2) is 6.81. The van der Waals surface area contributed by atoms with Crippen molar-refractivity contribution < 1.29 is 26.0 Å². The standard InChI is InChI=1S/C16H17F3N2O3S/c17-16(18,19)13-3-1-5-15(11-13)25(22,23)21-8-6-20(7-9-21)12-14-4-2-10-24-14/h1-5,10-11H,6-9,12H2. The third-order valence-corrected chi connectivity index (χ3v) is 5.98. The van der Waals surface area contributed by atoms with Gasteiger partial charge in [0.05, 0.1) is 23.3 Å². The summed E-state index contributed by atoms with van der Waals surface area (Å²) in [7, 11) is -3.95. The van der Waals surface area contributed by atoms with Crippen molar-refractivity contribution in [3.8, 4) is 0 Å². The fourth-order valence-corrected chi connectivity index (χ4v) is 4.20. The third-order valence-electron chi connectivity index (χ3n) is 4.09. The topological polar surface area (TPSA) is 53.8 Å². The van der Waals surface area contributed by atoms with Crippen LogP contribution >= 0.6 is 0 Å². The molecule has 3 rings (SSSR count). The lowest BCUT2D eigenvalue weighted by molar-refractivity contribution is -0.137. The lowest BCUT2D eigenvalue weighted by Gasteiger charge is -2.33. The molecule has 1 aliphatic rings.